The molecule has 0 aliphatic heterocycles. The number of rotatable bonds is 6. The molecule has 0 saturated heterocycles. The van der Waals surface area contributed by atoms with E-state index in [1.807, 2.05) is 0 Å². The predicted octanol–water partition coefficient (Wildman–Crippen LogP) is 2.70. The van der Waals surface area contributed by atoms with Gasteiger partial charge in [-0.2, -0.15) is 0 Å². The zero-order valence-corrected chi connectivity index (χ0v) is 11.4. The zero-order valence-electron chi connectivity index (χ0n) is 11.4. The van der Waals surface area contributed by atoms with Crippen molar-refractivity contribution in [1.29, 1.82) is 0 Å². The van der Waals surface area contributed by atoms with E-state index in [9.17, 15) is 9.59 Å². The maximum absolute atomic E-state index is 11.8. The Balaban J connectivity index is 2.21. The molecule has 0 aromatic carbocycles. The van der Waals surface area contributed by atoms with Crippen LogP contribution in [0.2, 0.25) is 0 Å². The lowest BCUT2D eigenvalue weighted by Gasteiger charge is -2.25. The molecular weight excluding hydrogens is 232 g/mol. The van der Waals surface area contributed by atoms with Gasteiger partial charge in [-0.3, -0.25) is 9.59 Å². The van der Waals surface area contributed by atoms with Crippen LogP contribution in [0.4, 0.5) is 0 Å². The fourth-order valence-electron chi connectivity index (χ4n) is 2.37. The molecule has 1 rings (SSSR count). The van der Waals surface area contributed by atoms with Gasteiger partial charge in [0.15, 0.2) is 0 Å². The van der Waals surface area contributed by atoms with Crippen LogP contribution in [0.25, 0.3) is 0 Å². The lowest BCUT2D eigenvalue weighted by atomic mass is 9.82. The van der Waals surface area contributed by atoms with Gasteiger partial charge in [-0.15, -0.1) is 0 Å². The van der Waals surface area contributed by atoms with Crippen molar-refractivity contribution in [3.05, 3.63) is 0 Å². The molecule has 0 aromatic heterocycles. The molecule has 1 aliphatic rings. The first-order chi connectivity index (χ1) is 8.69. The fourth-order valence-corrected chi connectivity index (χ4v) is 2.37. The molecule has 0 heterocycles. The van der Waals surface area contributed by atoms with E-state index in [1.165, 1.54) is 7.11 Å². The van der Waals surface area contributed by atoms with Crippen LogP contribution in [0.5, 0.6) is 0 Å². The van der Waals surface area contributed by atoms with Gasteiger partial charge in [0.2, 0.25) is 0 Å². The molecule has 1 saturated carbocycles. The normalized spacial score (nSPS) is 23.4. The number of hydrogen-bond acceptors (Lipinski definition) is 4. The summed E-state index contributed by atoms with van der Waals surface area (Å²) in [5.41, 5.74) is 0. The van der Waals surface area contributed by atoms with Crippen LogP contribution in [0.1, 0.15) is 51.9 Å². The molecule has 4 nitrogen and oxygen atoms in total. The van der Waals surface area contributed by atoms with Crippen molar-refractivity contribution >= 4 is 11.9 Å². The maximum atomic E-state index is 11.8. The summed E-state index contributed by atoms with van der Waals surface area (Å²) in [5.74, 6) is -0.286. The van der Waals surface area contributed by atoms with Crippen molar-refractivity contribution in [2.45, 2.75) is 51.9 Å². The fraction of sp³-hybridized carbons (Fsp3) is 0.857. The van der Waals surface area contributed by atoms with E-state index in [1.54, 1.807) is 0 Å². The number of hydrogen-bond donors (Lipinski definition) is 0. The van der Waals surface area contributed by atoms with Crippen LogP contribution < -0.4 is 0 Å². The van der Waals surface area contributed by atoms with Gasteiger partial charge in [-0.1, -0.05) is 19.8 Å². The molecule has 104 valence electrons. The Morgan fingerprint density at radius 3 is 2.06 bits per heavy atom. The van der Waals surface area contributed by atoms with Gasteiger partial charge in [0.1, 0.15) is 0 Å². The van der Waals surface area contributed by atoms with Crippen LogP contribution in [0.15, 0.2) is 0 Å². The van der Waals surface area contributed by atoms with Crippen LogP contribution in [0.3, 0.4) is 0 Å². The topological polar surface area (TPSA) is 52.6 Å². The van der Waals surface area contributed by atoms with Crippen molar-refractivity contribution in [3.63, 3.8) is 0 Å². The van der Waals surface area contributed by atoms with Crippen LogP contribution >= 0.6 is 0 Å². The Bertz CT molecular complexity index is 267. The van der Waals surface area contributed by atoms with Crippen molar-refractivity contribution in [3.8, 4) is 0 Å². The summed E-state index contributed by atoms with van der Waals surface area (Å²) in [5, 5.41) is 0. The summed E-state index contributed by atoms with van der Waals surface area (Å²) < 4.78 is 9.97. The molecule has 0 atom stereocenters. The van der Waals surface area contributed by atoms with E-state index < -0.39 is 0 Å². The predicted molar refractivity (Wildman–Crippen MR) is 67.9 cm³/mol. The first kappa shape index (κ1) is 15.0. The second-order valence-corrected chi connectivity index (χ2v) is 4.95. The molecule has 1 aliphatic carbocycles. The quantitative estimate of drug-likeness (QED) is 0.541. The minimum atomic E-state index is -0.148. The minimum absolute atomic E-state index is 0.0208. The van der Waals surface area contributed by atoms with Crippen LogP contribution in [-0.4, -0.2) is 25.7 Å². The molecule has 0 spiro atoms. The van der Waals surface area contributed by atoms with E-state index in [0.29, 0.717) is 6.61 Å². The third-order valence-electron chi connectivity index (χ3n) is 3.59. The standard InChI is InChI=1S/C14H24O4/c1-3-4-5-10-18-14(16)12-8-6-11(7-9-12)13(15)17-2/h11-12H,3-10H2,1-2H3. The van der Waals surface area contributed by atoms with Gasteiger partial charge in [-0.25, -0.2) is 0 Å². The molecule has 0 bridgehead atoms. The monoisotopic (exact) mass is 256 g/mol. The number of carbonyl (C=O) groups is 2. The van der Waals surface area contributed by atoms with Gasteiger partial charge >= 0.3 is 11.9 Å². The highest BCUT2D eigenvalue weighted by atomic mass is 16.5. The van der Waals surface area contributed by atoms with Crippen LogP contribution in [-0.2, 0) is 19.1 Å². The van der Waals surface area contributed by atoms with E-state index in [0.717, 1.165) is 44.9 Å². The summed E-state index contributed by atoms with van der Waals surface area (Å²) in [4.78, 5) is 23.1. The summed E-state index contributed by atoms with van der Waals surface area (Å²) in [7, 11) is 1.41. The van der Waals surface area contributed by atoms with Crippen molar-refractivity contribution in [2.24, 2.45) is 11.8 Å². The first-order valence-electron chi connectivity index (χ1n) is 6.93. The molecular formula is C14H24O4. The lowest BCUT2D eigenvalue weighted by Crippen LogP contribution is -2.28. The highest BCUT2D eigenvalue weighted by Gasteiger charge is 2.31. The SMILES string of the molecule is CCCCCOC(=O)C1CCC(C(=O)OC)CC1. The second kappa shape index (κ2) is 8.11. The minimum Gasteiger partial charge on any atom is -0.469 e. The molecule has 18 heavy (non-hydrogen) atoms. The van der Waals surface area contributed by atoms with E-state index in [2.05, 4.69) is 6.92 Å². The summed E-state index contributed by atoms with van der Waals surface area (Å²) >= 11 is 0. The summed E-state index contributed by atoms with van der Waals surface area (Å²) in [6, 6.07) is 0. The summed E-state index contributed by atoms with van der Waals surface area (Å²) in [6.07, 6.45) is 6.13. The number of ether oxygens (including phenoxy) is 2. The largest absolute Gasteiger partial charge is 0.469 e. The second-order valence-electron chi connectivity index (χ2n) is 4.95. The third-order valence-corrected chi connectivity index (χ3v) is 3.59. The third kappa shape index (κ3) is 4.67. The Morgan fingerprint density at radius 2 is 1.56 bits per heavy atom. The maximum Gasteiger partial charge on any atom is 0.308 e. The number of carbonyl (C=O) groups excluding carboxylic acids is 2. The van der Waals surface area contributed by atoms with Gasteiger partial charge in [0.25, 0.3) is 0 Å². The van der Waals surface area contributed by atoms with Crippen molar-refractivity contribution < 1.29 is 19.1 Å². The lowest BCUT2D eigenvalue weighted by molar-refractivity contribution is -0.153. The molecule has 0 amide bonds. The average molecular weight is 256 g/mol. The van der Waals surface area contributed by atoms with Crippen molar-refractivity contribution in [1.82, 2.24) is 0 Å². The Labute approximate surface area is 109 Å². The molecule has 4 heteroatoms. The summed E-state index contributed by atoms with van der Waals surface area (Å²) in [6.45, 7) is 2.65. The molecule has 0 aromatic rings. The Kier molecular flexibility index (Phi) is 6.76. The zero-order chi connectivity index (χ0) is 13.4. The smallest absolute Gasteiger partial charge is 0.308 e. The van der Waals surface area contributed by atoms with Gasteiger partial charge in [0, 0.05) is 0 Å². The highest BCUT2D eigenvalue weighted by Crippen LogP contribution is 2.30. The number of esters is 2. The van der Waals surface area contributed by atoms with E-state index in [-0.39, 0.29) is 23.8 Å². The van der Waals surface area contributed by atoms with E-state index >= 15 is 0 Å². The van der Waals surface area contributed by atoms with E-state index in [4.69, 9.17) is 9.47 Å². The first-order valence-corrected chi connectivity index (χ1v) is 6.93. The molecule has 0 radical (unpaired) electrons. The van der Waals surface area contributed by atoms with Crippen LogP contribution in [0, 0.1) is 11.8 Å². The Hall–Kier alpha value is -1.06. The van der Waals surface area contributed by atoms with Gasteiger partial charge in [-0.05, 0) is 32.1 Å². The Morgan fingerprint density at radius 1 is 1.00 bits per heavy atom. The molecule has 0 unspecified atom stereocenters. The average Bonchev–Trinajstić information content (AvgIpc) is 2.42. The number of unbranched alkanes of at least 4 members (excludes halogenated alkanes) is 2. The molecule has 1 fully saturated rings. The molecule has 0 N–H and O–H groups in total. The van der Waals surface area contributed by atoms with Crippen molar-refractivity contribution in [2.75, 3.05) is 13.7 Å². The highest BCUT2D eigenvalue weighted by molar-refractivity contribution is 5.75. The number of methoxy groups -OCH3 is 1. The van der Waals surface area contributed by atoms with Gasteiger partial charge in [0.05, 0.1) is 25.6 Å². The van der Waals surface area contributed by atoms with Gasteiger partial charge < -0.3 is 9.47 Å².